The van der Waals surface area contributed by atoms with Crippen LogP contribution < -0.4 is 5.32 Å². The molecule has 0 saturated heterocycles. The molecule has 16 heavy (non-hydrogen) atoms. The summed E-state index contributed by atoms with van der Waals surface area (Å²) in [5.41, 5.74) is 1.31. The van der Waals surface area contributed by atoms with Crippen LogP contribution in [0.15, 0.2) is 36.7 Å². The number of hydrogen-bond acceptors (Lipinski definition) is 2. The second-order valence-corrected chi connectivity index (χ2v) is 3.97. The molecule has 0 radical (unpaired) electrons. The van der Waals surface area contributed by atoms with E-state index in [0.29, 0.717) is 6.04 Å². The SMILES string of the molecule is CCNC(CC)c1cncc2ccccc12. The molecule has 1 N–H and O–H groups in total. The molecule has 0 amide bonds. The molecule has 2 aromatic rings. The van der Waals surface area contributed by atoms with Gasteiger partial charge in [-0.25, -0.2) is 0 Å². The Labute approximate surface area is 96.7 Å². The lowest BCUT2D eigenvalue weighted by Gasteiger charge is -2.17. The van der Waals surface area contributed by atoms with E-state index < -0.39 is 0 Å². The van der Waals surface area contributed by atoms with Crippen molar-refractivity contribution in [3.8, 4) is 0 Å². The molecule has 2 rings (SSSR count). The van der Waals surface area contributed by atoms with E-state index in [2.05, 4.69) is 48.4 Å². The number of rotatable bonds is 4. The highest BCUT2D eigenvalue weighted by Crippen LogP contribution is 2.24. The molecular weight excluding hydrogens is 196 g/mol. The highest BCUT2D eigenvalue weighted by molar-refractivity contribution is 5.85. The van der Waals surface area contributed by atoms with Crippen molar-refractivity contribution in [2.75, 3.05) is 6.54 Å². The van der Waals surface area contributed by atoms with Gasteiger partial charge in [-0.2, -0.15) is 0 Å². The molecule has 1 heterocycles. The first-order valence-corrected chi connectivity index (χ1v) is 5.92. The van der Waals surface area contributed by atoms with Crippen LogP contribution in [0.4, 0.5) is 0 Å². The van der Waals surface area contributed by atoms with Gasteiger partial charge in [0.15, 0.2) is 0 Å². The van der Waals surface area contributed by atoms with Gasteiger partial charge in [0.1, 0.15) is 0 Å². The average molecular weight is 214 g/mol. The molecule has 0 aliphatic rings. The van der Waals surface area contributed by atoms with E-state index in [-0.39, 0.29) is 0 Å². The van der Waals surface area contributed by atoms with Crippen LogP contribution in [0.5, 0.6) is 0 Å². The number of nitrogens with one attached hydrogen (secondary N) is 1. The standard InChI is InChI=1S/C14H18N2/c1-3-14(16-4-2)13-10-15-9-11-7-5-6-8-12(11)13/h5-10,14,16H,3-4H2,1-2H3. The quantitative estimate of drug-likeness (QED) is 0.844. The zero-order valence-corrected chi connectivity index (χ0v) is 9.90. The van der Waals surface area contributed by atoms with Gasteiger partial charge in [-0.3, -0.25) is 4.98 Å². The van der Waals surface area contributed by atoms with Crippen LogP contribution >= 0.6 is 0 Å². The summed E-state index contributed by atoms with van der Waals surface area (Å²) in [6.45, 7) is 5.33. The molecule has 1 unspecified atom stereocenters. The van der Waals surface area contributed by atoms with Crippen molar-refractivity contribution in [2.24, 2.45) is 0 Å². The Morgan fingerprint density at radius 1 is 1.19 bits per heavy atom. The number of fused-ring (bicyclic) bond motifs is 1. The lowest BCUT2D eigenvalue weighted by molar-refractivity contribution is 0.539. The summed E-state index contributed by atoms with van der Waals surface area (Å²) in [7, 11) is 0. The zero-order chi connectivity index (χ0) is 11.4. The van der Waals surface area contributed by atoms with Crippen LogP contribution in [0.2, 0.25) is 0 Å². The Balaban J connectivity index is 2.50. The zero-order valence-electron chi connectivity index (χ0n) is 9.90. The maximum absolute atomic E-state index is 4.32. The Bertz CT molecular complexity index is 460. The Morgan fingerprint density at radius 3 is 2.75 bits per heavy atom. The van der Waals surface area contributed by atoms with Gasteiger partial charge >= 0.3 is 0 Å². The molecule has 2 nitrogen and oxygen atoms in total. The third-order valence-electron chi connectivity index (χ3n) is 2.93. The van der Waals surface area contributed by atoms with Crippen LogP contribution in [0, 0.1) is 0 Å². The first-order chi connectivity index (χ1) is 7.86. The fraction of sp³-hybridized carbons (Fsp3) is 0.357. The number of pyridine rings is 1. The number of nitrogens with zero attached hydrogens (tertiary/aromatic N) is 1. The van der Waals surface area contributed by atoms with Crippen molar-refractivity contribution in [2.45, 2.75) is 26.3 Å². The van der Waals surface area contributed by atoms with Gasteiger partial charge in [-0.05, 0) is 23.9 Å². The van der Waals surface area contributed by atoms with Gasteiger partial charge in [0.25, 0.3) is 0 Å². The van der Waals surface area contributed by atoms with E-state index in [1.54, 1.807) is 0 Å². The van der Waals surface area contributed by atoms with Crippen molar-refractivity contribution in [1.29, 1.82) is 0 Å². The summed E-state index contributed by atoms with van der Waals surface area (Å²) in [6, 6.07) is 8.84. The maximum atomic E-state index is 4.32. The molecule has 1 aromatic heterocycles. The fourth-order valence-corrected chi connectivity index (χ4v) is 2.14. The Kier molecular flexibility index (Phi) is 3.52. The lowest BCUT2D eigenvalue weighted by atomic mass is 10.00. The first-order valence-electron chi connectivity index (χ1n) is 5.92. The Hall–Kier alpha value is -1.41. The molecule has 0 aliphatic heterocycles. The summed E-state index contributed by atoms with van der Waals surface area (Å²) in [5.74, 6) is 0. The number of aromatic nitrogens is 1. The molecule has 0 fully saturated rings. The van der Waals surface area contributed by atoms with Gasteiger partial charge in [0, 0.05) is 23.8 Å². The minimum absolute atomic E-state index is 0.406. The van der Waals surface area contributed by atoms with Crippen LogP contribution in [-0.2, 0) is 0 Å². The van der Waals surface area contributed by atoms with Crippen molar-refractivity contribution in [3.05, 3.63) is 42.2 Å². The van der Waals surface area contributed by atoms with Crippen molar-refractivity contribution in [1.82, 2.24) is 10.3 Å². The van der Waals surface area contributed by atoms with Gasteiger partial charge in [-0.1, -0.05) is 38.1 Å². The van der Waals surface area contributed by atoms with Gasteiger partial charge in [-0.15, -0.1) is 0 Å². The molecule has 84 valence electrons. The normalized spacial score (nSPS) is 12.9. The molecule has 2 heteroatoms. The molecule has 1 atom stereocenters. The first kappa shape index (κ1) is 11.1. The van der Waals surface area contributed by atoms with E-state index in [1.165, 1.54) is 16.3 Å². The van der Waals surface area contributed by atoms with Crippen molar-refractivity contribution in [3.63, 3.8) is 0 Å². The van der Waals surface area contributed by atoms with E-state index >= 15 is 0 Å². The van der Waals surface area contributed by atoms with Gasteiger partial charge in [0.05, 0.1) is 0 Å². The van der Waals surface area contributed by atoms with Crippen molar-refractivity contribution < 1.29 is 0 Å². The number of benzene rings is 1. The smallest absolute Gasteiger partial charge is 0.0346 e. The topological polar surface area (TPSA) is 24.9 Å². The van der Waals surface area contributed by atoms with E-state index in [0.717, 1.165) is 13.0 Å². The summed E-state index contributed by atoms with van der Waals surface area (Å²) in [6.07, 6.45) is 5.00. The fourth-order valence-electron chi connectivity index (χ4n) is 2.14. The average Bonchev–Trinajstić information content (AvgIpc) is 2.35. The lowest BCUT2D eigenvalue weighted by Crippen LogP contribution is -2.20. The third-order valence-corrected chi connectivity index (χ3v) is 2.93. The van der Waals surface area contributed by atoms with E-state index in [4.69, 9.17) is 0 Å². The highest BCUT2D eigenvalue weighted by atomic mass is 14.9. The van der Waals surface area contributed by atoms with E-state index in [1.807, 2.05) is 12.4 Å². The maximum Gasteiger partial charge on any atom is 0.0346 e. The highest BCUT2D eigenvalue weighted by Gasteiger charge is 2.10. The summed E-state index contributed by atoms with van der Waals surface area (Å²) in [5, 5.41) is 6.03. The molecular formula is C14H18N2. The number of hydrogen-bond donors (Lipinski definition) is 1. The van der Waals surface area contributed by atoms with Crippen LogP contribution in [-0.4, -0.2) is 11.5 Å². The molecule has 0 spiro atoms. The summed E-state index contributed by atoms with van der Waals surface area (Å²) < 4.78 is 0. The minimum Gasteiger partial charge on any atom is -0.310 e. The monoisotopic (exact) mass is 214 g/mol. The Morgan fingerprint density at radius 2 is 2.00 bits per heavy atom. The van der Waals surface area contributed by atoms with Crippen LogP contribution in [0.25, 0.3) is 10.8 Å². The van der Waals surface area contributed by atoms with Gasteiger partial charge < -0.3 is 5.32 Å². The summed E-state index contributed by atoms with van der Waals surface area (Å²) >= 11 is 0. The summed E-state index contributed by atoms with van der Waals surface area (Å²) in [4.78, 5) is 4.32. The molecule has 1 aromatic carbocycles. The predicted molar refractivity (Wildman–Crippen MR) is 68.5 cm³/mol. The molecule has 0 bridgehead atoms. The third kappa shape index (κ3) is 2.07. The minimum atomic E-state index is 0.406. The predicted octanol–water partition coefficient (Wildman–Crippen LogP) is 3.30. The van der Waals surface area contributed by atoms with E-state index in [9.17, 15) is 0 Å². The van der Waals surface area contributed by atoms with Gasteiger partial charge in [0.2, 0.25) is 0 Å². The van der Waals surface area contributed by atoms with Crippen molar-refractivity contribution >= 4 is 10.8 Å². The van der Waals surface area contributed by atoms with Crippen LogP contribution in [0.1, 0.15) is 31.9 Å². The largest absolute Gasteiger partial charge is 0.310 e. The molecule has 0 saturated carbocycles. The second-order valence-electron chi connectivity index (χ2n) is 3.97. The molecule has 0 aliphatic carbocycles. The van der Waals surface area contributed by atoms with Crippen LogP contribution in [0.3, 0.4) is 0 Å². The second kappa shape index (κ2) is 5.08.